The van der Waals surface area contributed by atoms with Crippen molar-refractivity contribution in [1.29, 1.82) is 0 Å². The fourth-order valence-electron chi connectivity index (χ4n) is 3.05. The molecule has 2 unspecified atom stereocenters. The lowest BCUT2D eigenvalue weighted by molar-refractivity contribution is 0.255. The molecule has 1 aliphatic carbocycles. The van der Waals surface area contributed by atoms with Crippen molar-refractivity contribution in [1.82, 2.24) is 15.2 Å². The average Bonchev–Trinajstić information content (AvgIpc) is 3.20. The summed E-state index contributed by atoms with van der Waals surface area (Å²) in [7, 11) is 1.66. The Balaban J connectivity index is 1.52. The summed E-state index contributed by atoms with van der Waals surface area (Å²) in [5.74, 6) is 0.693. The largest absolute Gasteiger partial charge is 0.481 e. The maximum atomic E-state index is 5.15. The summed E-state index contributed by atoms with van der Waals surface area (Å²) in [5, 5.41) is 3.67. The van der Waals surface area contributed by atoms with Gasteiger partial charge in [-0.25, -0.2) is 4.98 Å². The van der Waals surface area contributed by atoms with Gasteiger partial charge in [0.25, 0.3) is 0 Å². The van der Waals surface area contributed by atoms with Crippen molar-refractivity contribution in [3.63, 3.8) is 0 Å². The van der Waals surface area contributed by atoms with Gasteiger partial charge in [0.1, 0.15) is 0 Å². The lowest BCUT2D eigenvalue weighted by Gasteiger charge is -2.19. The van der Waals surface area contributed by atoms with Gasteiger partial charge in [-0.2, -0.15) is 0 Å². The predicted octanol–water partition coefficient (Wildman–Crippen LogP) is 1.81. The normalized spacial score (nSPS) is 27.7. The van der Waals surface area contributed by atoms with E-state index in [4.69, 9.17) is 4.74 Å². The molecule has 1 N–H and O–H groups in total. The van der Waals surface area contributed by atoms with Crippen LogP contribution in [0.4, 0.5) is 0 Å². The van der Waals surface area contributed by atoms with Crippen LogP contribution < -0.4 is 10.1 Å². The van der Waals surface area contributed by atoms with Crippen molar-refractivity contribution in [3.05, 3.63) is 23.9 Å². The van der Waals surface area contributed by atoms with Crippen molar-refractivity contribution in [3.8, 4) is 5.88 Å². The van der Waals surface area contributed by atoms with Crippen molar-refractivity contribution in [2.45, 2.75) is 50.9 Å². The molecule has 19 heavy (non-hydrogen) atoms. The third-order valence-electron chi connectivity index (χ3n) is 4.24. The zero-order valence-electron chi connectivity index (χ0n) is 11.8. The van der Waals surface area contributed by atoms with Crippen molar-refractivity contribution >= 4 is 0 Å². The van der Waals surface area contributed by atoms with Crippen molar-refractivity contribution in [2.24, 2.45) is 0 Å². The van der Waals surface area contributed by atoms with Gasteiger partial charge in [0.05, 0.1) is 7.11 Å². The monoisotopic (exact) mass is 261 g/mol. The molecule has 4 nitrogen and oxygen atoms in total. The van der Waals surface area contributed by atoms with E-state index in [2.05, 4.69) is 22.1 Å². The lowest BCUT2D eigenvalue weighted by Crippen LogP contribution is -2.33. The Morgan fingerprint density at radius 1 is 1.47 bits per heavy atom. The fraction of sp³-hybridized carbons (Fsp3) is 0.667. The van der Waals surface area contributed by atoms with Crippen molar-refractivity contribution < 1.29 is 4.74 Å². The van der Waals surface area contributed by atoms with Crippen molar-refractivity contribution in [2.75, 3.05) is 13.7 Å². The summed E-state index contributed by atoms with van der Waals surface area (Å²) in [4.78, 5) is 6.81. The second kappa shape index (κ2) is 5.47. The highest BCUT2D eigenvalue weighted by Gasteiger charge is 2.38. The molecule has 104 valence electrons. The number of aromatic nitrogens is 1. The number of nitrogens with zero attached hydrogens (tertiary/aromatic N) is 2. The molecule has 0 spiro atoms. The van der Waals surface area contributed by atoms with Crippen LogP contribution in [0.5, 0.6) is 5.88 Å². The Kier molecular flexibility index (Phi) is 3.71. The number of hydrogen-bond donors (Lipinski definition) is 1. The molecule has 0 radical (unpaired) electrons. The molecule has 3 rings (SSSR count). The molecule has 0 amide bonds. The molecule has 0 aromatic carbocycles. The SMILES string of the molecule is COc1cc(CNC2CC(C)N(C3CC3)C2)ccn1. The molecule has 2 aliphatic rings. The van der Waals surface area contributed by atoms with Crippen LogP contribution in [0.2, 0.25) is 0 Å². The van der Waals surface area contributed by atoms with E-state index in [-0.39, 0.29) is 0 Å². The molecule has 1 aliphatic heterocycles. The van der Waals surface area contributed by atoms with Gasteiger partial charge in [-0.1, -0.05) is 0 Å². The van der Waals surface area contributed by atoms with Gasteiger partial charge in [-0.15, -0.1) is 0 Å². The molecular weight excluding hydrogens is 238 g/mol. The van der Waals surface area contributed by atoms with E-state index in [0.29, 0.717) is 11.9 Å². The van der Waals surface area contributed by atoms with E-state index in [1.54, 1.807) is 7.11 Å². The minimum absolute atomic E-state index is 0.620. The summed E-state index contributed by atoms with van der Waals surface area (Å²) in [5.41, 5.74) is 1.24. The minimum atomic E-state index is 0.620. The lowest BCUT2D eigenvalue weighted by atomic mass is 10.2. The van der Waals surface area contributed by atoms with E-state index in [0.717, 1.165) is 18.6 Å². The highest BCUT2D eigenvalue weighted by atomic mass is 16.5. The van der Waals surface area contributed by atoms with Crippen LogP contribution in [0.15, 0.2) is 18.3 Å². The second-order valence-electron chi connectivity index (χ2n) is 5.80. The molecule has 1 saturated carbocycles. The van der Waals surface area contributed by atoms with Gasteiger partial charge in [-0.05, 0) is 37.8 Å². The van der Waals surface area contributed by atoms with E-state index < -0.39 is 0 Å². The van der Waals surface area contributed by atoms with Crippen LogP contribution >= 0.6 is 0 Å². The third-order valence-corrected chi connectivity index (χ3v) is 4.24. The molecule has 2 fully saturated rings. The maximum Gasteiger partial charge on any atom is 0.213 e. The van der Waals surface area contributed by atoms with E-state index in [9.17, 15) is 0 Å². The highest BCUT2D eigenvalue weighted by Crippen LogP contribution is 2.33. The van der Waals surface area contributed by atoms with Crippen LogP contribution in [-0.2, 0) is 6.54 Å². The van der Waals surface area contributed by atoms with Crippen LogP contribution in [0, 0.1) is 0 Å². The summed E-state index contributed by atoms with van der Waals surface area (Å²) in [6.45, 7) is 4.46. The molecule has 0 bridgehead atoms. The second-order valence-corrected chi connectivity index (χ2v) is 5.80. The molecule has 1 aromatic rings. The van der Waals surface area contributed by atoms with Gasteiger partial charge < -0.3 is 10.1 Å². The molecule has 1 aromatic heterocycles. The van der Waals surface area contributed by atoms with Crippen LogP contribution in [0.25, 0.3) is 0 Å². The first kappa shape index (κ1) is 12.9. The smallest absolute Gasteiger partial charge is 0.213 e. The standard InChI is InChI=1S/C15H23N3O/c1-11-7-13(10-18(11)14-3-4-14)17-9-12-5-6-16-15(8-12)19-2/h5-6,8,11,13-14,17H,3-4,7,9-10H2,1-2H3. The Bertz CT molecular complexity index is 433. The Labute approximate surface area is 115 Å². The summed E-state index contributed by atoms with van der Waals surface area (Å²) < 4.78 is 5.15. The number of likely N-dealkylation sites (tertiary alicyclic amines) is 1. The zero-order valence-corrected chi connectivity index (χ0v) is 11.8. The summed E-state index contributed by atoms with van der Waals surface area (Å²) in [6.07, 6.45) is 5.87. The van der Waals surface area contributed by atoms with Gasteiger partial charge in [-0.3, -0.25) is 4.90 Å². The topological polar surface area (TPSA) is 37.4 Å². The van der Waals surface area contributed by atoms with Gasteiger partial charge in [0.15, 0.2) is 0 Å². The quantitative estimate of drug-likeness (QED) is 0.877. The van der Waals surface area contributed by atoms with E-state index in [1.165, 1.54) is 31.4 Å². The van der Waals surface area contributed by atoms with E-state index >= 15 is 0 Å². The first-order valence-electron chi connectivity index (χ1n) is 7.24. The van der Waals surface area contributed by atoms with Gasteiger partial charge in [0.2, 0.25) is 5.88 Å². The van der Waals surface area contributed by atoms with Gasteiger partial charge in [0, 0.05) is 43.5 Å². The Morgan fingerprint density at radius 2 is 2.32 bits per heavy atom. The Morgan fingerprint density at radius 3 is 3.05 bits per heavy atom. The minimum Gasteiger partial charge on any atom is -0.481 e. The molecule has 4 heteroatoms. The van der Waals surface area contributed by atoms with Crippen LogP contribution in [0.3, 0.4) is 0 Å². The van der Waals surface area contributed by atoms with Gasteiger partial charge >= 0.3 is 0 Å². The average molecular weight is 261 g/mol. The number of hydrogen-bond acceptors (Lipinski definition) is 4. The van der Waals surface area contributed by atoms with Crippen LogP contribution in [-0.4, -0.2) is 41.7 Å². The van der Waals surface area contributed by atoms with Crippen LogP contribution in [0.1, 0.15) is 31.7 Å². The summed E-state index contributed by atoms with van der Waals surface area (Å²) in [6, 6.07) is 6.28. The molecule has 2 atom stereocenters. The zero-order chi connectivity index (χ0) is 13.2. The number of nitrogens with one attached hydrogen (secondary N) is 1. The Hall–Kier alpha value is -1.13. The number of methoxy groups -OCH3 is 1. The maximum absolute atomic E-state index is 5.15. The number of ether oxygens (including phenoxy) is 1. The molecule has 2 heterocycles. The fourth-order valence-corrected chi connectivity index (χ4v) is 3.05. The third kappa shape index (κ3) is 3.07. The molecular formula is C15H23N3O. The molecule has 1 saturated heterocycles. The van der Waals surface area contributed by atoms with E-state index in [1.807, 2.05) is 18.3 Å². The predicted molar refractivity (Wildman–Crippen MR) is 75.2 cm³/mol. The first-order valence-corrected chi connectivity index (χ1v) is 7.24. The first-order chi connectivity index (χ1) is 9.26. The highest BCUT2D eigenvalue weighted by molar-refractivity contribution is 5.20. The number of rotatable bonds is 5. The summed E-state index contributed by atoms with van der Waals surface area (Å²) >= 11 is 0. The number of pyridine rings is 1.